The van der Waals surface area contributed by atoms with E-state index in [1.165, 1.54) is 24.0 Å². The second kappa shape index (κ2) is 15.3. The van der Waals surface area contributed by atoms with E-state index in [-0.39, 0.29) is 24.2 Å². The third kappa shape index (κ3) is 9.37. The average molecular weight is 601 g/mol. The summed E-state index contributed by atoms with van der Waals surface area (Å²) >= 11 is 0. The highest BCUT2D eigenvalue weighted by Crippen LogP contribution is 2.13. The summed E-state index contributed by atoms with van der Waals surface area (Å²) in [4.78, 5) is 52.8. The molecule has 0 bridgehead atoms. The highest BCUT2D eigenvalue weighted by Gasteiger charge is 2.31. The molecule has 3 aromatic rings. The monoisotopic (exact) mass is 600 g/mol. The van der Waals surface area contributed by atoms with E-state index < -0.39 is 41.8 Å². The predicted molar refractivity (Wildman–Crippen MR) is 162 cm³/mol. The second-order valence-corrected chi connectivity index (χ2v) is 10.6. The number of nitriles is 1. The molecule has 0 saturated heterocycles. The number of aliphatic hydroxyl groups excluding tert-OH is 1. The van der Waals surface area contributed by atoms with Gasteiger partial charge in [0, 0.05) is 33.1 Å². The Morgan fingerprint density at radius 2 is 1.64 bits per heavy atom. The Bertz CT molecular complexity index is 1550. The van der Waals surface area contributed by atoms with Gasteiger partial charge in [0.05, 0.1) is 6.10 Å². The van der Waals surface area contributed by atoms with Gasteiger partial charge in [0.25, 0.3) is 11.8 Å². The van der Waals surface area contributed by atoms with Crippen LogP contribution in [-0.2, 0) is 27.3 Å². The van der Waals surface area contributed by atoms with Crippen LogP contribution in [0.5, 0.6) is 0 Å². The van der Waals surface area contributed by atoms with Gasteiger partial charge in [-0.3, -0.25) is 19.2 Å². The van der Waals surface area contributed by atoms with Gasteiger partial charge in [-0.05, 0) is 43.5 Å². The lowest BCUT2D eigenvalue weighted by molar-refractivity contribution is -0.131. The number of carbonyl (C=O) groups is 4. The Balaban J connectivity index is 1.81. The normalized spacial score (nSPS) is 13.2. The molecule has 1 heterocycles. The summed E-state index contributed by atoms with van der Waals surface area (Å²) in [6.45, 7) is 5.12. The maximum atomic E-state index is 13.4. The van der Waals surface area contributed by atoms with E-state index >= 15 is 0 Å². The smallest absolute Gasteiger partial charge is 0.274 e. The Morgan fingerprint density at radius 3 is 2.18 bits per heavy atom. The van der Waals surface area contributed by atoms with Crippen molar-refractivity contribution in [2.24, 2.45) is 0 Å². The van der Waals surface area contributed by atoms with Crippen LogP contribution >= 0.6 is 0 Å². The zero-order valence-electron chi connectivity index (χ0n) is 25.2. The molecule has 0 saturated carbocycles. The van der Waals surface area contributed by atoms with E-state index in [9.17, 15) is 29.5 Å². The number of hydrogen-bond acceptors (Lipinski definition) is 8. The van der Waals surface area contributed by atoms with Gasteiger partial charge < -0.3 is 30.5 Å². The summed E-state index contributed by atoms with van der Waals surface area (Å²) in [5.41, 5.74) is 3.12. The summed E-state index contributed by atoms with van der Waals surface area (Å²) < 4.78 is 4.91. The average Bonchev–Trinajstić information content (AvgIpc) is 3.44. The summed E-state index contributed by atoms with van der Waals surface area (Å²) in [5, 5.41) is 31.3. The number of likely N-dealkylation sites (N-methyl/N-ethyl adjacent to an activating group) is 1. The number of carbonyl (C=O) groups excluding carboxylic acids is 4. The highest BCUT2D eigenvalue weighted by atomic mass is 16.5. The van der Waals surface area contributed by atoms with Crippen molar-refractivity contribution in [3.05, 3.63) is 93.9 Å². The molecule has 12 heteroatoms. The minimum absolute atomic E-state index is 0.0321. The van der Waals surface area contributed by atoms with Gasteiger partial charge in [0.15, 0.2) is 5.69 Å². The number of aliphatic hydroxyl groups is 1. The Morgan fingerprint density at radius 1 is 1.00 bits per heavy atom. The molecule has 0 fully saturated rings. The van der Waals surface area contributed by atoms with Crippen molar-refractivity contribution in [1.82, 2.24) is 26.0 Å². The molecule has 4 amide bonds. The van der Waals surface area contributed by atoms with Crippen molar-refractivity contribution in [1.29, 1.82) is 5.26 Å². The van der Waals surface area contributed by atoms with Gasteiger partial charge in [-0.25, -0.2) is 0 Å². The van der Waals surface area contributed by atoms with Gasteiger partial charge >= 0.3 is 0 Å². The molecular formula is C32H36N6O6. The fraction of sp³-hybridized carbons (Fsp3) is 0.312. The SMILES string of the molecule is Cc1ccc(CNC(=O)C(Cc2ccc(C=C(C#N)C(=O)N(C)C)cc2)NC(=O)[C@@H](NC(=O)c2cc(C)on2)[C@@H](C)O)cc1. The van der Waals surface area contributed by atoms with E-state index in [0.29, 0.717) is 16.9 Å². The van der Waals surface area contributed by atoms with Crippen LogP contribution in [0.2, 0.25) is 0 Å². The minimum Gasteiger partial charge on any atom is -0.391 e. The van der Waals surface area contributed by atoms with E-state index in [1.54, 1.807) is 45.3 Å². The van der Waals surface area contributed by atoms with Crippen molar-refractivity contribution in [3.63, 3.8) is 0 Å². The fourth-order valence-electron chi connectivity index (χ4n) is 4.12. The molecule has 0 spiro atoms. The lowest BCUT2D eigenvalue weighted by Crippen LogP contribution is -2.57. The molecule has 0 aliphatic rings. The maximum Gasteiger partial charge on any atom is 0.274 e. The number of rotatable bonds is 12. The molecular weight excluding hydrogens is 564 g/mol. The first kappa shape index (κ1) is 33.2. The number of aromatic nitrogens is 1. The first-order chi connectivity index (χ1) is 20.9. The predicted octanol–water partition coefficient (Wildman–Crippen LogP) is 1.81. The van der Waals surface area contributed by atoms with Crippen LogP contribution in [0.3, 0.4) is 0 Å². The lowest BCUT2D eigenvalue weighted by Gasteiger charge is -2.24. The number of amides is 4. The number of aryl methyl sites for hydroxylation is 2. The number of hydrogen-bond donors (Lipinski definition) is 4. The number of benzene rings is 2. The molecule has 3 rings (SSSR count). The summed E-state index contributed by atoms with van der Waals surface area (Å²) in [7, 11) is 3.11. The molecule has 3 atom stereocenters. The summed E-state index contributed by atoms with van der Waals surface area (Å²) in [5.74, 6) is -2.01. The molecule has 1 unspecified atom stereocenters. The van der Waals surface area contributed by atoms with Crippen LogP contribution in [0.25, 0.3) is 6.08 Å². The minimum atomic E-state index is -1.39. The first-order valence-electron chi connectivity index (χ1n) is 13.9. The van der Waals surface area contributed by atoms with Gasteiger partial charge in [-0.1, -0.05) is 59.3 Å². The Labute approximate surface area is 255 Å². The molecule has 44 heavy (non-hydrogen) atoms. The summed E-state index contributed by atoms with van der Waals surface area (Å²) in [6.07, 6.45) is 0.236. The van der Waals surface area contributed by atoms with Crippen LogP contribution < -0.4 is 16.0 Å². The molecule has 230 valence electrons. The Kier molecular flexibility index (Phi) is 11.5. The zero-order chi connectivity index (χ0) is 32.4. The van der Waals surface area contributed by atoms with Crippen molar-refractivity contribution in [3.8, 4) is 6.07 Å². The molecule has 4 N–H and O–H groups in total. The molecule has 1 aromatic heterocycles. The van der Waals surface area contributed by atoms with Crippen molar-refractivity contribution >= 4 is 29.7 Å². The van der Waals surface area contributed by atoms with Crippen molar-refractivity contribution < 1.29 is 28.8 Å². The van der Waals surface area contributed by atoms with E-state index in [1.807, 2.05) is 37.3 Å². The van der Waals surface area contributed by atoms with Crippen LogP contribution in [0, 0.1) is 25.2 Å². The lowest BCUT2D eigenvalue weighted by atomic mass is 10.0. The van der Waals surface area contributed by atoms with Gasteiger partial charge in [-0.15, -0.1) is 0 Å². The van der Waals surface area contributed by atoms with Crippen molar-refractivity contribution in [2.45, 2.75) is 51.9 Å². The van der Waals surface area contributed by atoms with Crippen molar-refractivity contribution in [2.75, 3.05) is 14.1 Å². The van der Waals surface area contributed by atoms with Crippen LogP contribution in [0.15, 0.2) is 64.7 Å². The van der Waals surface area contributed by atoms with Gasteiger partial charge in [-0.2, -0.15) is 5.26 Å². The highest BCUT2D eigenvalue weighted by molar-refractivity contribution is 6.01. The molecule has 12 nitrogen and oxygen atoms in total. The third-order valence-electron chi connectivity index (χ3n) is 6.62. The molecule has 0 aliphatic heterocycles. The quantitative estimate of drug-likeness (QED) is 0.180. The van der Waals surface area contributed by atoms with E-state index in [4.69, 9.17) is 4.52 Å². The first-order valence-corrected chi connectivity index (χ1v) is 13.9. The summed E-state index contributed by atoms with van der Waals surface area (Å²) in [6, 6.07) is 15.3. The van der Waals surface area contributed by atoms with Crippen LogP contribution in [0.4, 0.5) is 0 Å². The largest absolute Gasteiger partial charge is 0.391 e. The topological polar surface area (TPSA) is 178 Å². The van der Waals surface area contributed by atoms with Gasteiger partial charge in [0.1, 0.15) is 29.5 Å². The van der Waals surface area contributed by atoms with E-state index in [2.05, 4.69) is 21.1 Å². The third-order valence-corrected chi connectivity index (χ3v) is 6.62. The molecule has 0 radical (unpaired) electrons. The number of nitrogens with one attached hydrogen (secondary N) is 3. The number of nitrogens with zero attached hydrogens (tertiary/aromatic N) is 3. The molecule has 2 aromatic carbocycles. The fourth-order valence-corrected chi connectivity index (χ4v) is 4.12. The van der Waals surface area contributed by atoms with E-state index in [0.717, 1.165) is 11.1 Å². The Hall–Kier alpha value is -5.28. The second-order valence-electron chi connectivity index (χ2n) is 10.6. The van der Waals surface area contributed by atoms with Crippen LogP contribution in [0.1, 0.15) is 45.4 Å². The zero-order valence-corrected chi connectivity index (χ0v) is 25.2. The maximum absolute atomic E-state index is 13.4. The van der Waals surface area contributed by atoms with Crippen LogP contribution in [-0.4, -0.2) is 71.1 Å². The van der Waals surface area contributed by atoms with Gasteiger partial charge in [0.2, 0.25) is 11.8 Å². The molecule has 0 aliphatic carbocycles. The standard InChI is InChI=1S/C32H36N6O6/c1-19-6-8-24(9-7-19)18-34-29(40)26(16-23-12-10-22(11-13-23)15-25(17-33)32(43)38(4)5)35-31(42)28(21(3)39)36-30(41)27-14-20(2)44-37-27/h6-15,21,26,28,39H,16,18H2,1-5H3,(H,34,40)(H,35,42)(H,36,41)/t21-,26?,28+/m1/s1.